The quantitative estimate of drug-likeness (QED) is 0.267. The van der Waals surface area contributed by atoms with Gasteiger partial charge in [-0.15, -0.1) is 0 Å². The molecule has 0 aromatic carbocycles. The van der Waals surface area contributed by atoms with Gasteiger partial charge in [-0.1, -0.05) is 52.4 Å². The van der Waals surface area contributed by atoms with Gasteiger partial charge in [0.05, 0.1) is 12.5 Å². The van der Waals surface area contributed by atoms with E-state index in [9.17, 15) is 4.79 Å². The highest BCUT2D eigenvalue weighted by atomic mass is 16.6. The molecule has 1 aromatic heterocycles. The number of carbonyl (C=O) groups is 1. The molecule has 0 saturated carbocycles. The van der Waals surface area contributed by atoms with Crippen LogP contribution in [0.4, 0.5) is 10.5 Å². The second-order valence-corrected chi connectivity index (χ2v) is 7.01. The Balaban J connectivity index is 2.73. The number of amides is 1. The summed E-state index contributed by atoms with van der Waals surface area (Å²) in [4.78, 5) is 24.1. The molecule has 1 aromatic rings. The summed E-state index contributed by atoms with van der Waals surface area (Å²) in [5.74, 6) is 0.379. The van der Waals surface area contributed by atoms with Crippen LogP contribution in [0.25, 0.3) is 0 Å². The highest BCUT2D eigenvalue weighted by molar-refractivity contribution is 5.73. The molecule has 0 N–H and O–H groups in total. The molecular formula is C21H36N4O2. The molecule has 0 unspecified atom stereocenters. The Labute approximate surface area is 164 Å². The SMILES string of the molecule is CCCCCCN(/C=N/c1ccncc1OC(=O)N(C)C)CCCCCC. The Hall–Kier alpha value is -2.11. The molecule has 6 heteroatoms. The lowest BCUT2D eigenvalue weighted by Crippen LogP contribution is -2.25. The molecule has 0 aliphatic rings. The lowest BCUT2D eigenvalue weighted by atomic mass is 10.2. The summed E-state index contributed by atoms with van der Waals surface area (Å²) >= 11 is 0. The Bertz CT molecular complexity index is 549. The number of hydrogen-bond acceptors (Lipinski definition) is 4. The lowest BCUT2D eigenvalue weighted by Gasteiger charge is -2.19. The van der Waals surface area contributed by atoms with Crippen molar-refractivity contribution < 1.29 is 9.53 Å². The minimum absolute atomic E-state index is 0.379. The van der Waals surface area contributed by atoms with Crippen LogP contribution in [0.3, 0.4) is 0 Å². The fraction of sp³-hybridized carbons (Fsp3) is 0.667. The maximum Gasteiger partial charge on any atom is 0.414 e. The van der Waals surface area contributed by atoms with Crippen LogP contribution in [0.2, 0.25) is 0 Å². The van der Waals surface area contributed by atoms with Crippen molar-refractivity contribution in [2.24, 2.45) is 4.99 Å². The number of nitrogens with zero attached hydrogens (tertiary/aromatic N) is 4. The normalized spacial score (nSPS) is 11.0. The fourth-order valence-electron chi connectivity index (χ4n) is 2.60. The minimum Gasteiger partial charge on any atom is -0.406 e. The summed E-state index contributed by atoms with van der Waals surface area (Å²) in [7, 11) is 3.30. The van der Waals surface area contributed by atoms with Gasteiger partial charge in [-0.05, 0) is 18.9 Å². The zero-order chi connectivity index (χ0) is 19.9. The predicted molar refractivity (Wildman–Crippen MR) is 112 cm³/mol. The van der Waals surface area contributed by atoms with Crippen LogP contribution >= 0.6 is 0 Å². The summed E-state index contributed by atoms with van der Waals surface area (Å²) < 4.78 is 5.36. The van der Waals surface area contributed by atoms with E-state index in [1.54, 1.807) is 26.4 Å². The van der Waals surface area contributed by atoms with Crippen molar-refractivity contribution in [1.29, 1.82) is 0 Å². The van der Waals surface area contributed by atoms with Gasteiger partial charge in [0.15, 0.2) is 5.75 Å². The second-order valence-electron chi connectivity index (χ2n) is 7.01. The summed E-state index contributed by atoms with van der Waals surface area (Å²) in [6.07, 6.45) is 14.5. The number of aliphatic imine (C=N–C) groups is 1. The van der Waals surface area contributed by atoms with Crippen LogP contribution in [-0.2, 0) is 0 Å². The van der Waals surface area contributed by atoms with E-state index in [1.165, 1.54) is 62.5 Å². The fourth-order valence-corrected chi connectivity index (χ4v) is 2.60. The van der Waals surface area contributed by atoms with Crippen molar-refractivity contribution in [2.75, 3.05) is 27.2 Å². The van der Waals surface area contributed by atoms with Gasteiger partial charge in [0, 0.05) is 33.4 Å². The van der Waals surface area contributed by atoms with Gasteiger partial charge in [0.25, 0.3) is 0 Å². The number of unbranched alkanes of at least 4 members (excludes halogenated alkanes) is 6. The van der Waals surface area contributed by atoms with Crippen molar-refractivity contribution in [2.45, 2.75) is 65.2 Å². The number of pyridine rings is 1. The Morgan fingerprint density at radius 2 is 1.70 bits per heavy atom. The molecule has 27 heavy (non-hydrogen) atoms. The Kier molecular flexibility index (Phi) is 11.9. The van der Waals surface area contributed by atoms with Gasteiger partial charge in [-0.2, -0.15) is 0 Å². The van der Waals surface area contributed by atoms with Crippen LogP contribution < -0.4 is 4.74 Å². The van der Waals surface area contributed by atoms with E-state index in [0.717, 1.165) is 13.1 Å². The van der Waals surface area contributed by atoms with Gasteiger partial charge < -0.3 is 14.5 Å². The molecule has 0 radical (unpaired) electrons. The number of hydrogen-bond donors (Lipinski definition) is 0. The molecule has 1 heterocycles. The molecule has 0 aliphatic carbocycles. The molecule has 0 fully saturated rings. The van der Waals surface area contributed by atoms with Gasteiger partial charge >= 0.3 is 6.09 Å². The first kappa shape index (κ1) is 22.9. The van der Waals surface area contributed by atoms with E-state index in [0.29, 0.717) is 11.4 Å². The monoisotopic (exact) mass is 376 g/mol. The maximum atomic E-state index is 11.8. The molecule has 0 bridgehead atoms. The molecule has 0 aliphatic heterocycles. The van der Waals surface area contributed by atoms with Crippen molar-refractivity contribution in [3.05, 3.63) is 18.5 Å². The first-order chi connectivity index (χ1) is 13.1. The maximum absolute atomic E-state index is 11.8. The van der Waals surface area contributed by atoms with Crippen molar-refractivity contribution >= 4 is 18.1 Å². The second kappa shape index (κ2) is 14.0. The zero-order valence-corrected chi connectivity index (χ0v) is 17.5. The summed E-state index contributed by atoms with van der Waals surface area (Å²) in [6.45, 7) is 6.47. The van der Waals surface area contributed by atoms with Crippen LogP contribution in [-0.4, -0.2) is 54.4 Å². The third-order valence-electron chi connectivity index (χ3n) is 4.28. The van der Waals surface area contributed by atoms with E-state index in [2.05, 4.69) is 28.7 Å². The third-order valence-corrected chi connectivity index (χ3v) is 4.28. The average molecular weight is 377 g/mol. The van der Waals surface area contributed by atoms with Crippen LogP contribution in [0, 0.1) is 0 Å². The molecule has 0 atom stereocenters. The average Bonchev–Trinajstić information content (AvgIpc) is 2.66. The predicted octanol–water partition coefficient (Wildman–Crippen LogP) is 5.26. The molecular weight excluding hydrogens is 340 g/mol. The standard InChI is InChI=1S/C21H36N4O2/c1-5-7-9-11-15-25(16-12-10-8-6-2)18-23-19-13-14-22-17-20(19)27-21(26)24(3)4/h13-14,17-18H,5-12,15-16H2,1-4H3/b23-18+. The lowest BCUT2D eigenvalue weighted by molar-refractivity contribution is 0.172. The van der Waals surface area contributed by atoms with Gasteiger partial charge in [-0.3, -0.25) is 4.98 Å². The topological polar surface area (TPSA) is 58.0 Å². The smallest absolute Gasteiger partial charge is 0.406 e. The van der Waals surface area contributed by atoms with E-state index in [4.69, 9.17) is 4.74 Å². The van der Waals surface area contributed by atoms with E-state index < -0.39 is 6.09 Å². The first-order valence-electron chi connectivity index (χ1n) is 10.2. The number of rotatable bonds is 13. The van der Waals surface area contributed by atoms with Crippen molar-refractivity contribution in [3.8, 4) is 5.75 Å². The molecule has 152 valence electrons. The highest BCUT2D eigenvalue weighted by Gasteiger charge is 2.10. The summed E-state index contributed by atoms with van der Waals surface area (Å²) in [5, 5.41) is 0. The molecule has 1 rings (SSSR count). The number of aromatic nitrogens is 1. The third kappa shape index (κ3) is 9.97. The first-order valence-corrected chi connectivity index (χ1v) is 10.2. The molecule has 0 saturated heterocycles. The Morgan fingerprint density at radius 3 is 2.26 bits per heavy atom. The van der Waals surface area contributed by atoms with Crippen molar-refractivity contribution in [3.63, 3.8) is 0 Å². The summed E-state index contributed by atoms with van der Waals surface area (Å²) in [6, 6.07) is 1.76. The van der Waals surface area contributed by atoms with Crippen LogP contribution in [0.1, 0.15) is 65.2 Å². The number of ether oxygens (including phenoxy) is 1. The molecule has 6 nitrogen and oxygen atoms in total. The van der Waals surface area contributed by atoms with Gasteiger partial charge in [-0.25, -0.2) is 9.79 Å². The van der Waals surface area contributed by atoms with Crippen molar-refractivity contribution in [1.82, 2.24) is 14.8 Å². The van der Waals surface area contributed by atoms with E-state index >= 15 is 0 Å². The summed E-state index contributed by atoms with van der Waals surface area (Å²) in [5.41, 5.74) is 0.618. The van der Waals surface area contributed by atoms with E-state index in [-0.39, 0.29) is 0 Å². The largest absolute Gasteiger partial charge is 0.414 e. The number of carbonyl (C=O) groups excluding carboxylic acids is 1. The van der Waals surface area contributed by atoms with Gasteiger partial charge in [0.2, 0.25) is 0 Å². The highest BCUT2D eigenvalue weighted by Crippen LogP contribution is 2.26. The van der Waals surface area contributed by atoms with E-state index in [1.807, 2.05) is 6.34 Å². The van der Waals surface area contributed by atoms with Crippen LogP contribution in [0.5, 0.6) is 5.75 Å². The van der Waals surface area contributed by atoms with Crippen LogP contribution in [0.15, 0.2) is 23.5 Å². The Morgan fingerprint density at radius 1 is 1.07 bits per heavy atom. The van der Waals surface area contributed by atoms with Gasteiger partial charge in [0.1, 0.15) is 5.69 Å². The molecule has 0 spiro atoms. The minimum atomic E-state index is -0.435. The zero-order valence-electron chi connectivity index (χ0n) is 17.5. The molecule has 1 amide bonds.